The van der Waals surface area contributed by atoms with Gasteiger partial charge in [-0.15, -0.1) is 0 Å². The fourth-order valence-corrected chi connectivity index (χ4v) is 2.27. The number of H-pyrrole nitrogens is 1. The molecule has 2 heterocycles. The van der Waals surface area contributed by atoms with Gasteiger partial charge >= 0.3 is 0 Å². The molecular weight excluding hydrogens is 286 g/mol. The predicted octanol–water partition coefficient (Wildman–Crippen LogP) is 3.46. The van der Waals surface area contributed by atoms with E-state index in [9.17, 15) is 0 Å². The predicted molar refractivity (Wildman–Crippen MR) is 90.0 cm³/mol. The van der Waals surface area contributed by atoms with Gasteiger partial charge < -0.3 is 4.74 Å². The number of aromatic nitrogens is 3. The summed E-state index contributed by atoms with van der Waals surface area (Å²) in [6, 6.07) is 15.6. The van der Waals surface area contributed by atoms with Gasteiger partial charge in [0.25, 0.3) is 0 Å². The number of methoxy groups -OCH3 is 1. The van der Waals surface area contributed by atoms with Gasteiger partial charge in [0.15, 0.2) is 0 Å². The molecule has 1 N–H and O–H groups in total. The minimum atomic E-state index is 0.754. The molecule has 0 spiro atoms. The number of rotatable bonds is 4. The smallest absolute Gasteiger partial charge is 0.128 e. The Morgan fingerprint density at radius 2 is 2.00 bits per heavy atom. The van der Waals surface area contributed by atoms with Crippen molar-refractivity contribution in [1.82, 2.24) is 15.2 Å². The Bertz CT molecular complexity index is 828. The molecule has 0 unspecified atom stereocenters. The zero-order valence-electron chi connectivity index (χ0n) is 12.9. The highest BCUT2D eigenvalue weighted by Gasteiger charge is 2.08. The van der Waals surface area contributed by atoms with E-state index >= 15 is 0 Å². The van der Waals surface area contributed by atoms with Gasteiger partial charge in [-0.1, -0.05) is 24.1 Å². The normalized spacial score (nSPS) is 9.96. The van der Waals surface area contributed by atoms with E-state index < -0.39 is 0 Å². The average Bonchev–Trinajstić information content (AvgIpc) is 3.08. The molecule has 1 aromatic carbocycles. The number of nitrogens with zero attached hydrogens (tertiary/aromatic N) is 2. The maximum Gasteiger partial charge on any atom is 0.128 e. The number of hydrogen-bond acceptors (Lipinski definition) is 3. The maximum atomic E-state index is 5.37. The lowest BCUT2D eigenvalue weighted by Gasteiger charge is -2.04. The number of hydrogen-bond donors (Lipinski definition) is 1. The van der Waals surface area contributed by atoms with E-state index in [-0.39, 0.29) is 0 Å². The number of pyridine rings is 1. The van der Waals surface area contributed by atoms with E-state index in [1.165, 1.54) is 0 Å². The van der Waals surface area contributed by atoms with Gasteiger partial charge in [-0.3, -0.25) is 5.10 Å². The van der Waals surface area contributed by atoms with Crippen LogP contribution in [0.4, 0.5) is 0 Å². The topological polar surface area (TPSA) is 50.8 Å². The van der Waals surface area contributed by atoms with Crippen molar-refractivity contribution in [3.8, 4) is 28.8 Å². The van der Waals surface area contributed by atoms with Gasteiger partial charge in [-0.05, 0) is 36.3 Å². The van der Waals surface area contributed by atoms with Crippen LogP contribution in [0, 0.1) is 11.8 Å². The summed E-state index contributed by atoms with van der Waals surface area (Å²) in [7, 11) is 1.67. The third kappa shape index (κ3) is 3.78. The molecule has 0 atom stereocenters. The van der Waals surface area contributed by atoms with Crippen LogP contribution < -0.4 is 4.74 Å². The zero-order chi connectivity index (χ0) is 15.9. The third-order valence-electron chi connectivity index (χ3n) is 3.41. The molecule has 23 heavy (non-hydrogen) atoms. The highest BCUT2D eigenvalue weighted by molar-refractivity contribution is 5.67. The molecule has 3 rings (SSSR count). The van der Waals surface area contributed by atoms with Crippen LogP contribution in [0.1, 0.15) is 17.8 Å². The molecule has 114 valence electrons. The molecule has 0 radical (unpaired) electrons. The van der Waals surface area contributed by atoms with Crippen LogP contribution in [-0.2, 0) is 6.42 Å². The van der Waals surface area contributed by atoms with Gasteiger partial charge in [0.1, 0.15) is 11.4 Å². The van der Waals surface area contributed by atoms with Crippen LogP contribution in [0.15, 0.2) is 54.7 Å². The number of benzene rings is 1. The van der Waals surface area contributed by atoms with Crippen LogP contribution in [-0.4, -0.2) is 22.3 Å². The van der Waals surface area contributed by atoms with Crippen molar-refractivity contribution >= 4 is 0 Å². The SMILES string of the molecule is COc1ccccc1-c1cc(CCC#Cc2ccccn2)[nH]n1. The Morgan fingerprint density at radius 1 is 1.13 bits per heavy atom. The fraction of sp³-hybridized carbons (Fsp3) is 0.158. The summed E-state index contributed by atoms with van der Waals surface area (Å²) in [5.74, 6) is 7.01. The van der Waals surface area contributed by atoms with Crippen molar-refractivity contribution in [2.24, 2.45) is 0 Å². The van der Waals surface area contributed by atoms with Crippen molar-refractivity contribution in [1.29, 1.82) is 0 Å². The van der Waals surface area contributed by atoms with Gasteiger partial charge in [-0.2, -0.15) is 5.10 Å². The third-order valence-corrected chi connectivity index (χ3v) is 3.41. The summed E-state index contributed by atoms with van der Waals surface area (Å²) in [6.07, 6.45) is 3.32. The molecule has 0 saturated carbocycles. The van der Waals surface area contributed by atoms with Crippen LogP contribution in [0.3, 0.4) is 0 Å². The van der Waals surface area contributed by atoms with Crippen LogP contribution in [0.5, 0.6) is 5.75 Å². The molecule has 0 aliphatic rings. The van der Waals surface area contributed by atoms with Crippen molar-refractivity contribution in [2.75, 3.05) is 7.11 Å². The van der Waals surface area contributed by atoms with Crippen LogP contribution in [0.2, 0.25) is 0 Å². The molecular formula is C19H17N3O. The van der Waals surface area contributed by atoms with Crippen LogP contribution >= 0.6 is 0 Å². The lowest BCUT2D eigenvalue weighted by molar-refractivity contribution is 0.416. The highest BCUT2D eigenvalue weighted by Crippen LogP contribution is 2.28. The quantitative estimate of drug-likeness (QED) is 0.751. The molecule has 0 saturated heterocycles. The van der Waals surface area contributed by atoms with E-state index in [1.807, 2.05) is 48.5 Å². The summed E-state index contributed by atoms with van der Waals surface area (Å²) in [5, 5.41) is 7.43. The molecule has 0 fully saturated rings. The second-order valence-corrected chi connectivity index (χ2v) is 5.00. The molecule has 3 aromatic rings. The second kappa shape index (κ2) is 7.28. The summed E-state index contributed by atoms with van der Waals surface area (Å²) in [5.41, 5.74) is 3.72. The lowest BCUT2D eigenvalue weighted by Crippen LogP contribution is -1.87. The van der Waals surface area contributed by atoms with E-state index in [0.29, 0.717) is 0 Å². The molecule has 0 aliphatic heterocycles. The van der Waals surface area contributed by atoms with Crippen molar-refractivity contribution < 1.29 is 4.74 Å². The number of aromatic amines is 1. The summed E-state index contributed by atoms with van der Waals surface area (Å²) < 4.78 is 5.37. The first-order valence-electron chi connectivity index (χ1n) is 7.44. The maximum absolute atomic E-state index is 5.37. The van der Waals surface area contributed by atoms with Crippen molar-refractivity contribution in [3.63, 3.8) is 0 Å². The molecule has 4 nitrogen and oxygen atoms in total. The Morgan fingerprint density at radius 3 is 2.83 bits per heavy atom. The summed E-state index contributed by atoms with van der Waals surface area (Å²) in [6.45, 7) is 0. The van der Waals surface area contributed by atoms with E-state index in [0.717, 1.165) is 41.2 Å². The van der Waals surface area contributed by atoms with Crippen molar-refractivity contribution in [2.45, 2.75) is 12.8 Å². The Labute approximate surface area is 135 Å². The Hall–Kier alpha value is -3.06. The van der Waals surface area contributed by atoms with Gasteiger partial charge in [0.05, 0.1) is 12.8 Å². The fourth-order valence-electron chi connectivity index (χ4n) is 2.27. The van der Waals surface area contributed by atoms with E-state index in [4.69, 9.17) is 4.74 Å². The largest absolute Gasteiger partial charge is 0.496 e. The summed E-state index contributed by atoms with van der Waals surface area (Å²) >= 11 is 0. The number of aryl methyl sites for hydroxylation is 1. The monoisotopic (exact) mass is 303 g/mol. The minimum absolute atomic E-state index is 0.754. The van der Waals surface area contributed by atoms with Gasteiger partial charge in [-0.25, -0.2) is 4.98 Å². The zero-order valence-corrected chi connectivity index (χ0v) is 12.9. The average molecular weight is 303 g/mol. The first-order valence-corrected chi connectivity index (χ1v) is 7.44. The molecule has 0 bridgehead atoms. The summed E-state index contributed by atoms with van der Waals surface area (Å²) in [4.78, 5) is 4.18. The first-order chi connectivity index (χ1) is 11.4. The van der Waals surface area contributed by atoms with Crippen molar-refractivity contribution in [3.05, 3.63) is 66.1 Å². The molecule has 4 heteroatoms. The molecule has 0 aliphatic carbocycles. The Kier molecular flexibility index (Phi) is 4.70. The standard InChI is InChI=1S/C19H17N3O/c1-23-19-12-5-4-11-17(19)18-14-16(21-22-18)10-3-2-8-15-9-6-7-13-20-15/h4-7,9,11-14H,3,10H2,1H3,(H,21,22). The van der Waals surface area contributed by atoms with E-state index in [1.54, 1.807) is 13.3 Å². The van der Waals surface area contributed by atoms with Gasteiger partial charge in [0, 0.05) is 30.3 Å². The first kappa shape index (κ1) is 14.9. The second-order valence-electron chi connectivity index (χ2n) is 5.00. The van der Waals surface area contributed by atoms with Gasteiger partial charge in [0.2, 0.25) is 0 Å². The minimum Gasteiger partial charge on any atom is -0.496 e. The van der Waals surface area contributed by atoms with Crippen LogP contribution in [0.25, 0.3) is 11.3 Å². The number of ether oxygens (including phenoxy) is 1. The number of nitrogens with one attached hydrogen (secondary N) is 1. The molecule has 0 amide bonds. The number of para-hydroxylation sites is 1. The highest BCUT2D eigenvalue weighted by atomic mass is 16.5. The van der Waals surface area contributed by atoms with E-state index in [2.05, 4.69) is 27.0 Å². The Balaban J connectivity index is 1.65. The molecule has 2 aromatic heterocycles. The lowest BCUT2D eigenvalue weighted by atomic mass is 10.1.